The van der Waals surface area contributed by atoms with E-state index in [0.29, 0.717) is 31.8 Å². The Labute approximate surface area is 184 Å². The molecule has 172 valence electrons. The molecule has 2 rings (SSSR count). The van der Waals surface area contributed by atoms with Gasteiger partial charge in [0.05, 0.1) is 24.9 Å². The van der Waals surface area contributed by atoms with Crippen LogP contribution in [0.15, 0.2) is 42.6 Å². The van der Waals surface area contributed by atoms with Gasteiger partial charge in [-0.05, 0) is 39.7 Å². The fourth-order valence-electron chi connectivity index (χ4n) is 3.06. The van der Waals surface area contributed by atoms with Crippen molar-refractivity contribution in [3.8, 4) is 0 Å². The number of ether oxygens (including phenoxy) is 1. The van der Waals surface area contributed by atoms with Crippen molar-refractivity contribution in [3.63, 3.8) is 0 Å². The average molecular weight is 435 g/mol. The van der Waals surface area contributed by atoms with Crippen LogP contribution < -0.4 is 10.8 Å². The molecule has 0 unspecified atom stereocenters. The van der Waals surface area contributed by atoms with E-state index < -0.39 is 11.7 Å². The predicted octanol–water partition coefficient (Wildman–Crippen LogP) is 3.19. The quantitative estimate of drug-likeness (QED) is 0.434. The standard InChI is InChI=1S/C22H34N4O5/c1-6-25-19(17(2)24-29-15-13-23-20(27)31-22(3,4)5)12-14-26(21(25)28)30-16-18-10-8-7-9-11-18/h7-11,19,24H,2,6,12-16H2,1,3-5H3,(H,23,27)/t19-/m0/s1. The van der Waals surface area contributed by atoms with Crippen LogP contribution in [0.4, 0.5) is 9.59 Å². The number of benzene rings is 1. The van der Waals surface area contributed by atoms with Crippen LogP contribution in [0.25, 0.3) is 0 Å². The molecule has 1 aromatic rings. The molecular formula is C22H34N4O5. The minimum absolute atomic E-state index is 0.204. The number of urea groups is 1. The van der Waals surface area contributed by atoms with Gasteiger partial charge in [-0.15, -0.1) is 0 Å². The molecule has 1 heterocycles. The van der Waals surface area contributed by atoms with E-state index in [1.165, 1.54) is 5.06 Å². The molecule has 9 heteroatoms. The summed E-state index contributed by atoms with van der Waals surface area (Å²) in [5.74, 6) is 0. The lowest BCUT2D eigenvalue weighted by molar-refractivity contribution is -0.150. The van der Waals surface area contributed by atoms with Gasteiger partial charge >= 0.3 is 12.1 Å². The first-order valence-electron chi connectivity index (χ1n) is 10.5. The van der Waals surface area contributed by atoms with Crippen LogP contribution in [0, 0.1) is 0 Å². The smallest absolute Gasteiger partial charge is 0.407 e. The number of rotatable bonds is 10. The molecule has 31 heavy (non-hydrogen) atoms. The Morgan fingerprint density at radius 1 is 1.26 bits per heavy atom. The zero-order valence-electron chi connectivity index (χ0n) is 18.8. The van der Waals surface area contributed by atoms with Crippen LogP contribution >= 0.6 is 0 Å². The van der Waals surface area contributed by atoms with Gasteiger partial charge in [-0.3, -0.25) is 15.2 Å². The van der Waals surface area contributed by atoms with Crippen LogP contribution in [-0.4, -0.2) is 60.0 Å². The second-order valence-electron chi connectivity index (χ2n) is 8.14. The predicted molar refractivity (Wildman–Crippen MR) is 117 cm³/mol. The largest absolute Gasteiger partial charge is 0.444 e. The Kier molecular flexibility index (Phi) is 9.14. The summed E-state index contributed by atoms with van der Waals surface area (Å²) in [5, 5.41) is 4.00. The Hall–Kier alpha value is -2.78. The third kappa shape index (κ3) is 8.10. The fraction of sp³-hybridized carbons (Fsp3) is 0.545. The van der Waals surface area contributed by atoms with E-state index in [1.54, 1.807) is 25.7 Å². The minimum atomic E-state index is -0.548. The number of alkyl carbamates (subject to hydrolysis) is 1. The van der Waals surface area contributed by atoms with Crippen LogP contribution in [-0.2, 0) is 21.0 Å². The van der Waals surface area contributed by atoms with Crippen molar-refractivity contribution in [1.82, 2.24) is 20.8 Å². The summed E-state index contributed by atoms with van der Waals surface area (Å²) in [6.07, 6.45) is 0.153. The van der Waals surface area contributed by atoms with E-state index in [9.17, 15) is 9.59 Å². The summed E-state index contributed by atoms with van der Waals surface area (Å²) in [6.45, 7) is 13.1. The van der Waals surface area contributed by atoms with Gasteiger partial charge < -0.3 is 15.0 Å². The Balaban J connectivity index is 1.74. The number of nitrogens with one attached hydrogen (secondary N) is 2. The highest BCUT2D eigenvalue weighted by molar-refractivity contribution is 5.75. The van der Waals surface area contributed by atoms with Gasteiger partial charge in [0.1, 0.15) is 12.2 Å². The molecule has 1 aliphatic heterocycles. The van der Waals surface area contributed by atoms with Crippen LogP contribution in [0.1, 0.15) is 39.7 Å². The van der Waals surface area contributed by atoms with Gasteiger partial charge in [-0.2, -0.15) is 0 Å². The zero-order chi connectivity index (χ0) is 22.9. The Morgan fingerprint density at radius 2 is 1.97 bits per heavy atom. The maximum absolute atomic E-state index is 12.8. The molecule has 0 spiro atoms. The van der Waals surface area contributed by atoms with Crippen molar-refractivity contribution >= 4 is 12.1 Å². The van der Waals surface area contributed by atoms with E-state index in [2.05, 4.69) is 17.4 Å². The Morgan fingerprint density at radius 3 is 2.61 bits per heavy atom. The molecule has 0 aromatic heterocycles. The van der Waals surface area contributed by atoms with Gasteiger partial charge in [-0.1, -0.05) is 36.9 Å². The lowest BCUT2D eigenvalue weighted by atomic mass is 10.1. The van der Waals surface area contributed by atoms with Crippen LogP contribution in [0.2, 0.25) is 0 Å². The summed E-state index contributed by atoms with van der Waals surface area (Å²) < 4.78 is 5.15. The summed E-state index contributed by atoms with van der Waals surface area (Å²) in [4.78, 5) is 37.2. The molecule has 1 aromatic carbocycles. The number of carbonyl (C=O) groups excluding carboxylic acids is 2. The third-order valence-corrected chi connectivity index (χ3v) is 4.49. The number of amides is 3. The number of hydroxylamine groups is 3. The molecule has 1 atom stereocenters. The van der Waals surface area contributed by atoms with Crippen molar-refractivity contribution in [3.05, 3.63) is 48.2 Å². The van der Waals surface area contributed by atoms with E-state index in [0.717, 1.165) is 5.56 Å². The van der Waals surface area contributed by atoms with E-state index in [-0.39, 0.29) is 25.2 Å². The van der Waals surface area contributed by atoms with Gasteiger partial charge in [-0.25, -0.2) is 14.7 Å². The van der Waals surface area contributed by atoms with Crippen LogP contribution in [0.3, 0.4) is 0 Å². The lowest BCUT2D eigenvalue weighted by Gasteiger charge is -2.40. The highest BCUT2D eigenvalue weighted by atomic mass is 16.7. The first-order chi connectivity index (χ1) is 14.7. The molecule has 1 fully saturated rings. The molecule has 1 saturated heterocycles. The fourth-order valence-corrected chi connectivity index (χ4v) is 3.06. The summed E-state index contributed by atoms with van der Waals surface area (Å²) in [5.41, 5.74) is 3.82. The second-order valence-corrected chi connectivity index (χ2v) is 8.14. The van der Waals surface area contributed by atoms with Crippen molar-refractivity contribution in [2.45, 2.75) is 52.4 Å². The van der Waals surface area contributed by atoms with Crippen molar-refractivity contribution in [1.29, 1.82) is 0 Å². The van der Waals surface area contributed by atoms with Crippen molar-refractivity contribution in [2.24, 2.45) is 0 Å². The number of likely N-dealkylation sites (N-methyl/N-ethyl adjacent to an activating group) is 1. The van der Waals surface area contributed by atoms with Gasteiger partial charge in [0.15, 0.2) is 0 Å². The number of carbonyl (C=O) groups is 2. The molecule has 9 nitrogen and oxygen atoms in total. The highest BCUT2D eigenvalue weighted by Gasteiger charge is 2.34. The Bertz CT molecular complexity index is 735. The average Bonchev–Trinajstić information content (AvgIpc) is 2.71. The maximum Gasteiger partial charge on any atom is 0.407 e. The van der Waals surface area contributed by atoms with Gasteiger partial charge in [0.25, 0.3) is 0 Å². The maximum atomic E-state index is 12.8. The summed E-state index contributed by atoms with van der Waals surface area (Å²) >= 11 is 0. The molecule has 0 aliphatic carbocycles. The molecular weight excluding hydrogens is 400 g/mol. The van der Waals surface area contributed by atoms with E-state index in [1.807, 2.05) is 37.3 Å². The SMILES string of the molecule is C=C(NOCCNC(=O)OC(C)(C)C)[C@@H]1CCN(OCc2ccccc2)C(=O)N1CC. The van der Waals surface area contributed by atoms with Crippen molar-refractivity contribution in [2.75, 3.05) is 26.2 Å². The van der Waals surface area contributed by atoms with Crippen molar-refractivity contribution < 1.29 is 24.0 Å². The monoisotopic (exact) mass is 434 g/mol. The van der Waals surface area contributed by atoms with Gasteiger partial charge in [0.2, 0.25) is 0 Å². The molecule has 0 bridgehead atoms. The topological polar surface area (TPSA) is 92.4 Å². The van der Waals surface area contributed by atoms with E-state index in [4.69, 9.17) is 14.4 Å². The summed E-state index contributed by atoms with van der Waals surface area (Å²) in [6, 6.07) is 9.29. The highest BCUT2D eigenvalue weighted by Crippen LogP contribution is 2.21. The molecule has 0 radical (unpaired) electrons. The van der Waals surface area contributed by atoms with Gasteiger partial charge in [0, 0.05) is 13.1 Å². The lowest BCUT2D eigenvalue weighted by Crippen LogP contribution is -2.55. The molecule has 2 N–H and O–H groups in total. The van der Waals surface area contributed by atoms with E-state index >= 15 is 0 Å². The zero-order valence-corrected chi connectivity index (χ0v) is 18.8. The first-order valence-corrected chi connectivity index (χ1v) is 10.5. The minimum Gasteiger partial charge on any atom is -0.444 e. The number of hydrogen-bond donors (Lipinski definition) is 2. The normalized spacial score (nSPS) is 16.8. The molecule has 3 amide bonds. The second kappa shape index (κ2) is 11.6. The number of hydrogen-bond acceptors (Lipinski definition) is 6. The molecule has 1 aliphatic rings. The summed E-state index contributed by atoms with van der Waals surface area (Å²) in [7, 11) is 0. The number of nitrogens with zero attached hydrogens (tertiary/aromatic N) is 2. The first kappa shape index (κ1) is 24.5. The molecule has 0 saturated carbocycles. The van der Waals surface area contributed by atoms with Crippen LogP contribution in [0.5, 0.6) is 0 Å². The third-order valence-electron chi connectivity index (χ3n) is 4.49.